The van der Waals surface area contributed by atoms with Gasteiger partial charge in [-0.2, -0.15) is 0 Å². The number of carbonyl (C=O) groups is 1. The van der Waals surface area contributed by atoms with E-state index < -0.39 is 38.0 Å². The van der Waals surface area contributed by atoms with Crippen LogP contribution in [0, 0.1) is 11.6 Å². The van der Waals surface area contributed by atoms with Crippen molar-refractivity contribution in [3.8, 4) is 0 Å². The van der Waals surface area contributed by atoms with Crippen molar-refractivity contribution in [2.24, 2.45) is 0 Å². The molecule has 1 aromatic carbocycles. The summed E-state index contributed by atoms with van der Waals surface area (Å²) >= 11 is 0. The molecule has 112 valence electrons. The molecular weight excluding hydrogens is 292 g/mol. The van der Waals surface area contributed by atoms with E-state index in [-0.39, 0.29) is 12.6 Å². The van der Waals surface area contributed by atoms with Crippen LogP contribution in [0.25, 0.3) is 0 Å². The van der Waals surface area contributed by atoms with E-state index >= 15 is 0 Å². The Morgan fingerprint density at radius 1 is 1.35 bits per heavy atom. The van der Waals surface area contributed by atoms with Crippen LogP contribution in [0.1, 0.15) is 6.92 Å². The van der Waals surface area contributed by atoms with Gasteiger partial charge in [0.25, 0.3) is 0 Å². The zero-order chi connectivity index (χ0) is 15.3. The molecule has 0 saturated heterocycles. The minimum absolute atomic E-state index is 0.233. The van der Waals surface area contributed by atoms with Gasteiger partial charge < -0.3 is 10.1 Å². The first-order chi connectivity index (χ1) is 9.26. The molecule has 1 aromatic rings. The second-order valence-electron chi connectivity index (χ2n) is 4.26. The molecule has 5 nitrogen and oxygen atoms in total. The summed E-state index contributed by atoms with van der Waals surface area (Å²) < 4.78 is 54.3. The summed E-state index contributed by atoms with van der Waals surface area (Å²) in [6, 6.07) is 1.82. The van der Waals surface area contributed by atoms with Crippen LogP contribution < -0.4 is 5.32 Å². The summed E-state index contributed by atoms with van der Waals surface area (Å²) in [5.74, 6) is -4.01. The molecule has 20 heavy (non-hydrogen) atoms. The number of amides is 1. The van der Waals surface area contributed by atoms with Gasteiger partial charge in [0.2, 0.25) is 5.91 Å². The molecule has 1 N–H and O–H groups in total. The third kappa shape index (κ3) is 4.53. The highest BCUT2D eigenvalue weighted by Gasteiger charge is 2.21. The largest absolute Gasteiger partial charge is 0.383 e. The Kier molecular flexibility index (Phi) is 5.58. The predicted molar refractivity (Wildman–Crippen MR) is 67.9 cm³/mol. The number of hydrogen-bond donors (Lipinski definition) is 1. The van der Waals surface area contributed by atoms with Gasteiger partial charge in [-0.05, 0) is 25.1 Å². The Balaban J connectivity index is 2.79. The van der Waals surface area contributed by atoms with Gasteiger partial charge in [-0.3, -0.25) is 4.79 Å². The van der Waals surface area contributed by atoms with Crippen molar-refractivity contribution in [3.63, 3.8) is 0 Å². The van der Waals surface area contributed by atoms with E-state index in [0.717, 1.165) is 6.07 Å². The van der Waals surface area contributed by atoms with Gasteiger partial charge in [0, 0.05) is 13.2 Å². The van der Waals surface area contributed by atoms with Crippen LogP contribution in [0.15, 0.2) is 23.1 Å². The van der Waals surface area contributed by atoms with Crippen molar-refractivity contribution in [1.82, 2.24) is 5.32 Å². The zero-order valence-electron chi connectivity index (χ0n) is 11.0. The number of benzene rings is 1. The molecule has 8 heteroatoms. The average Bonchev–Trinajstić information content (AvgIpc) is 2.31. The van der Waals surface area contributed by atoms with Crippen molar-refractivity contribution in [2.75, 3.05) is 19.5 Å². The normalized spacial score (nSPS) is 13.0. The van der Waals surface area contributed by atoms with Gasteiger partial charge in [-0.25, -0.2) is 17.2 Å². The molecule has 0 heterocycles. The van der Waals surface area contributed by atoms with Gasteiger partial charge in [-0.15, -0.1) is 0 Å². The summed E-state index contributed by atoms with van der Waals surface area (Å²) in [6.07, 6.45) is 0. The summed E-state index contributed by atoms with van der Waals surface area (Å²) in [6.45, 7) is 1.88. The maximum absolute atomic E-state index is 13.0. The van der Waals surface area contributed by atoms with Crippen LogP contribution in [-0.4, -0.2) is 39.8 Å². The number of carbonyl (C=O) groups excluding carboxylic acids is 1. The van der Waals surface area contributed by atoms with E-state index in [1.165, 1.54) is 7.11 Å². The third-order valence-electron chi connectivity index (χ3n) is 2.40. The van der Waals surface area contributed by atoms with Crippen molar-refractivity contribution < 1.29 is 26.7 Å². The Morgan fingerprint density at radius 2 is 2.00 bits per heavy atom. The SMILES string of the molecule is COC[C@H](C)NC(=O)CS(=O)(=O)c1ccc(F)c(F)c1. The summed E-state index contributed by atoms with van der Waals surface area (Å²) in [5, 5.41) is 2.42. The number of halogens is 2. The first kappa shape index (κ1) is 16.5. The van der Waals surface area contributed by atoms with Crippen molar-refractivity contribution in [2.45, 2.75) is 17.9 Å². The van der Waals surface area contributed by atoms with Crippen LogP contribution in [0.5, 0.6) is 0 Å². The van der Waals surface area contributed by atoms with Gasteiger partial charge >= 0.3 is 0 Å². The Labute approximate surface area is 115 Å². The maximum Gasteiger partial charge on any atom is 0.235 e. The quantitative estimate of drug-likeness (QED) is 0.792. The average molecular weight is 307 g/mol. The number of hydrogen-bond acceptors (Lipinski definition) is 4. The second-order valence-corrected chi connectivity index (χ2v) is 6.25. The van der Waals surface area contributed by atoms with Gasteiger partial charge in [0.05, 0.1) is 11.5 Å². The third-order valence-corrected chi connectivity index (χ3v) is 4.01. The number of methoxy groups -OCH3 is 1. The minimum Gasteiger partial charge on any atom is -0.383 e. The van der Waals surface area contributed by atoms with Crippen molar-refractivity contribution >= 4 is 15.7 Å². The number of sulfone groups is 1. The molecule has 0 bridgehead atoms. The molecule has 0 radical (unpaired) electrons. The fourth-order valence-electron chi connectivity index (χ4n) is 1.53. The van der Waals surface area contributed by atoms with Gasteiger partial charge in [0.1, 0.15) is 5.75 Å². The lowest BCUT2D eigenvalue weighted by Crippen LogP contribution is -2.39. The lowest BCUT2D eigenvalue weighted by Gasteiger charge is -2.12. The topological polar surface area (TPSA) is 72.5 Å². The summed E-state index contributed by atoms with van der Waals surface area (Å²) in [4.78, 5) is 11.1. The smallest absolute Gasteiger partial charge is 0.235 e. The van der Waals surface area contributed by atoms with Crippen molar-refractivity contribution in [1.29, 1.82) is 0 Å². The highest BCUT2D eigenvalue weighted by Crippen LogP contribution is 2.15. The molecule has 0 aromatic heterocycles. The highest BCUT2D eigenvalue weighted by atomic mass is 32.2. The predicted octanol–water partition coefficient (Wildman–Crippen LogP) is 0.890. The molecule has 0 saturated carbocycles. The van der Waals surface area contributed by atoms with E-state index in [0.29, 0.717) is 12.1 Å². The summed E-state index contributed by atoms with van der Waals surface area (Å²) in [7, 11) is -2.57. The van der Waals surface area contributed by atoms with Crippen molar-refractivity contribution in [3.05, 3.63) is 29.8 Å². The zero-order valence-corrected chi connectivity index (χ0v) is 11.8. The van der Waals surface area contributed by atoms with Crippen LogP contribution in [-0.2, 0) is 19.4 Å². The van der Waals surface area contributed by atoms with E-state index in [4.69, 9.17) is 4.74 Å². The first-order valence-corrected chi connectivity index (χ1v) is 7.37. The number of rotatable bonds is 6. The van der Waals surface area contributed by atoms with Crippen LogP contribution in [0.3, 0.4) is 0 Å². The monoisotopic (exact) mass is 307 g/mol. The van der Waals surface area contributed by atoms with Crippen LogP contribution in [0.4, 0.5) is 8.78 Å². The summed E-state index contributed by atoms with van der Waals surface area (Å²) in [5.41, 5.74) is 0. The molecular formula is C12H15F2NO4S. The van der Waals surface area contributed by atoms with E-state index in [9.17, 15) is 22.0 Å². The molecule has 0 aliphatic rings. The molecule has 0 unspecified atom stereocenters. The first-order valence-electron chi connectivity index (χ1n) is 5.72. The number of nitrogens with one attached hydrogen (secondary N) is 1. The Morgan fingerprint density at radius 3 is 2.55 bits per heavy atom. The molecule has 0 fully saturated rings. The molecule has 0 aliphatic carbocycles. The van der Waals surface area contributed by atoms with Gasteiger partial charge in [0.15, 0.2) is 21.5 Å². The lowest BCUT2D eigenvalue weighted by atomic mass is 10.3. The fourth-order valence-corrected chi connectivity index (χ4v) is 2.69. The van der Waals surface area contributed by atoms with E-state index in [1.54, 1.807) is 6.92 Å². The van der Waals surface area contributed by atoms with Crippen LogP contribution >= 0.6 is 0 Å². The van der Waals surface area contributed by atoms with E-state index in [1.807, 2.05) is 0 Å². The molecule has 0 aliphatic heterocycles. The second kappa shape index (κ2) is 6.76. The Hall–Kier alpha value is -1.54. The molecule has 1 rings (SSSR count). The number of ether oxygens (including phenoxy) is 1. The maximum atomic E-state index is 13.0. The van der Waals surface area contributed by atoms with Gasteiger partial charge in [-0.1, -0.05) is 0 Å². The van der Waals surface area contributed by atoms with Crippen LogP contribution in [0.2, 0.25) is 0 Å². The fraction of sp³-hybridized carbons (Fsp3) is 0.417. The molecule has 0 spiro atoms. The lowest BCUT2D eigenvalue weighted by molar-refractivity contribution is -0.119. The standard InChI is InChI=1S/C12H15F2NO4S/c1-8(6-19-2)15-12(16)7-20(17,18)9-3-4-10(13)11(14)5-9/h3-5,8H,6-7H2,1-2H3,(H,15,16)/t8-/m0/s1. The Bertz CT molecular complexity index is 589. The molecule has 1 amide bonds. The minimum atomic E-state index is -4.02. The molecule has 1 atom stereocenters. The van der Waals surface area contributed by atoms with E-state index in [2.05, 4.69) is 5.32 Å². The highest BCUT2D eigenvalue weighted by molar-refractivity contribution is 7.92.